The van der Waals surface area contributed by atoms with Crippen molar-refractivity contribution in [3.05, 3.63) is 59.5 Å². The monoisotopic (exact) mass is 473 g/mol. The highest BCUT2D eigenvalue weighted by atomic mass is 16.5. The van der Waals surface area contributed by atoms with Crippen molar-refractivity contribution in [1.82, 2.24) is 0 Å². The molecule has 2 aliphatic rings. The van der Waals surface area contributed by atoms with Crippen LogP contribution < -0.4 is 20.7 Å². The first kappa shape index (κ1) is 24.1. The van der Waals surface area contributed by atoms with E-state index in [1.54, 1.807) is 19.2 Å². The summed E-state index contributed by atoms with van der Waals surface area (Å²) in [5, 5.41) is 9.35. The lowest BCUT2D eigenvalue weighted by atomic mass is 9.91. The Morgan fingerprint density at radius 1 is 1.09 bits per heavy atom. The maximum atomic E-state index is 11.6. The van der Waals surface area contributed by atoms with Gasteiger partial charge < -0.3 is 29.9 Å². The van der Waals surface area contributed by atoms with Gasteiger partial charge in [0.05, 0.1) is 19.6 Å². The van der Waals surface area contributed by atoms with Crippen molar-refractivity contribution in [1.29, 1.82) is 5.41 Å². The molecule has 0 saturated carbocycles. The van der Waals surface area contributed by atoms with Crippen molar-refractivity contribution in [3.8, 4) is 28.2 Å². The molecule has 35 heavy (non-hydrogen) atoms. The minimum absolute atomic E-state index is 0.199. The van der Waals surface area contributed by atoms with E-state index in [2.05, 4.69) is 30.9 Å². The number of anilines is 2. The van der Waals surface area contributed by atoms with Gasteiger partial charge in [-0.15, -0.1) is 0 Å². The minimum atomic E-state index is -0.199. The number of hydrogen-bond donors (Lipinski definition) is 2. The molecule has 1 aliphatic heterocycles. The zero-order valence-corrected chi connectivity index (χ0v) is 20.6. The Kier molecular flexibility index (Phi) is 6.96. The van der Waals surface area contributed by atoms with Crippen LogP contribution in [-0.4, -0.2) is 33.3 Å². The van der Waals surface area contributed by atoms with Gasteiger partial charge in [-0.25, -0.2) is 0 Å². The molecule has 4 rings (SSSR count). The fourth-order valence-electron chi connectivity index (χ4n) is 4.54. The quantitative estimate of drug-likeness (QED) is 0.203. The van der Waals surface area contributed by atoms with Crippen LogP contribution in [0.5, 0.6) is 5.75 Å². The van der Waals surface area contributed by atoms with E-state index in [1.165, 1.54) is 7.11 Å². The second kappa shape index (κ2) is 10.1. The zero-order chi connectivity index (χ0) is 25.1. The number of benzene rings is 3. The molecule has 0 unspecified atom stereocenters. The second-order valence-electron chi connectivity index (χ2n) is 8.54. The van der Waals surface area contributed by atoms with Crippen molar-refractivity contribution >= 4 is 28.3 Å². The fourth-order valence-corrected chi connectivity index (χ4v) is 4.54. The fraction of sp³-hybridized carbons (Fsp3) is 0.286. The molecule has 0 spiro atoms. The van der Waals surface area contributed by atoms with Crippen LogP contribution in [0, 0.1) is 12.3 Å². The molecule has 0 atom stereocenters. The summed E-state index contributed by atoms with van der Waals surface area (Å²) in [5.41, 5.74) is 12.3. The summed E-state index contributed by atoms with van der Waals surface area (Å²) >= 11 is 0. The van der Waals surface area contributed by atoms with Gasteiger partial charge in [0.15, 0.2) is 0 Å². The van der Waals surface area contributed by atoms with Crippen molar-refractivity contribution in [3.63, 3.8) is 0 Å². The average Bonchev–Trinajstić information content (AvgIpc) is 2.85. The Morgan fingerprint density at radius 2 is 1.89 bits per heavy atom. The number of fused-ring (bicyclic) bond motifs is 2. The number of nitrogen functional groups attached to an aromatic ring is 1. The smallest absolute Gasteiger partial charge is 0.305 e. The van der Waals surface area contributed by atoms with E-state index in [1.807, 2.05) is 24.3 Å². The summed E-state index contributed by atoms with van der Waals surface area (Å²) in [5.74, 6) is 1.15. The standard InChI is InChI=1S/C28H31N3O4/c1-5-31(12-6-7-27(32)34-4)23-16-24(33-3)22(13-17(23)2)28-20-10-8-18(29)14-25(20)35-26-15-19(30)9-11-21(26)28/h8-11,13-16,29H,5-7,12,30H2,1-4H3. The third kappa shape index (κ3) is 4.80. The number of aryl methyl sites for hydroxylation is 1. The molecule has 3 N–H and O–H groups in total. The van der Waals surface area contributed by atoms with Crippen LogP contribution in [0.4, 0.5) is 11.4 Å². The number of nitrogens with two attached hydrogens (primary N) is 1. The molecule has 0 bridgehead atoms. The maximum absolute atomic E-state index is 11.6. The van der Waals surface area contributed by atoms with Gasteiger partial charge in [-0.05, 0) is 56.2 Å². The van der Waals surface area contributed by atoms with Crippen LogP contribution in [0.15, 0.2) is 52.9 Å². The van der Waals surface area contributed by atoms with Gasteiger partial charge in [0.2, 0.25) is 0 Å². The zero-order valence-electron chi connectivity index (χ0n) is 20.6. The molecule has 0 amide bonds. The summed E-state index contributed by atoms with van der Waals surface area (Å²) < 4.78 is 16.8. The predicted molar refractivity (Wildman–Crippen MR) is 139 cm³/mol. The number of ether oxygens (including phenoxy) is 2. The number of nitrogens with zero attached hydrogens (tertiary/aromatic N) is 1. The van der Waals surface area contributed by atoms with Gasteiger partial charge in [-0.2, -0.15) is 0 Å². The van der Waals surface area contributed by atoms with Gasteiger partial charge >= 0.3 is 5.97 Å². The summed E-state index contributed by atoms with van der Waals surface area (Å²) in [6.45, 7) is 5.71. The maximum Gasteiger partial charge on any atom is 0.305 e. The molecule has 1 heterocycles. The highest BCUT2D eigenvalue weighted by molar-refractivity contribution is 6.04. The van der Waals surface area contributed by atoms with Crippen molar-refractivity contribution in [2.24, 2.45) is 0 Å². The van der Waals surface area contributed by atoms with Gasteiger partial charge in [0.1, 0.15) is 17.1 Å². The highest BCUT2D eigenvalue weighted by Crippen LogP contribution is 2.45. The van der Waals surface area contributed by atoms with E-state index < -0.39 is 0 Å². The van der Waals surface area contributed by atoms with E-state index >= 15 is 0 Å². The van der Waals surface area contributed by atoms with Crippen LogP contribution >= 0.6 is 0 Å². The Labute approximate surface area is 204 Å². The molecular weight excluding hydrogens is 442 g/mol. The van der Waals surface area contributed by atoms with Crippen molar-refractivity contribution in [2.75, 3.05) is 37.9 Å². The normalized spacial score (nSPS) is 11.1. The lowest BCUT2D eigenvalue weighted by Gasteiger charge is -2.27. The van der Waals surface area contributed by atoms with E-state index in [9.17, 15) is 4.79 Å². The van der Waals surface area contributed by atoms with E-state index in [0.29, 0.717) is 35.2 Å². The number of esters is 1. The minimum Gasteiger partial charge on any atom is -0.496 e. The van der Waals surface area contributed by atoms with Gasteiger partial charge in [-0.1, -0.05) is 0 Å². The second-order valence-corrected chi connectivity index (χ2v) is 8.54. The van der Waals surface area contributed by atoms with Crippen molar-refractivity contribution < 1.29 is 18.7 Å². The largest absolute Gasteiger partial charge is 0.496 e. The number of methoxy groups -OCH3 is 2. The van der Waals surface area contributed by atoms with E-state index in [-0.39, 0.29) is 5.97 Å². The average molecular weight is 474 g/mol. The molecule has 0 fully saturated rings. The summed E-state index contributed by atoms with van der Waals surface area (Å²) in [4.78, 5) is 13.8. The summed E-state index contributed by atoms with van der Waals surface area (Å²) in [6, 6.07) is 15.2. The first-order valence-corrected chi connectivity index (χ1v) is 11.7. The van der Waals surface area contributed by atoms with Crippen LogP contribution in [0.2, 0.25) is 0 Å². The lowest BCUT2D eigenvalue weighted by Crippen LogP contribution is -2.25. The number of hydrogen-bond acceptors (Lipinski definition) is 7. The van der Waals surface area contributed by atoms with Crippen LogP contribution in [0.3, 0.4) is 0 Å². The molecule has 7 heteroatoms. The topological polar surface area (TPSA) is 102 Å². The Balaban J connectivity index is 1.87. The summed E-state index contributed by atoms with van der Waals surface area (Å²) in [7, 11) is 3.08. The Bertz CT molecular complexity index is 1410. The molecule has 2 aromatic rings. The van der Waals surface area contributed by atoms with Crippen LogP contribution in [0.1, 0.15) is 25.3 Å². The predicted octanol–water partition coefficient (Wildman–Crippen LogP) is 5.36. The molecule has 0 aromatic heterocycles. The van der Waals surface area contributed by atoms with Gasteiger partial charge in [0, 0.05) is 71.2 Å². The number of rotatable bonds is 8. The SMILES string of the molecule is CCN(CCCC(=O)OC)c1cc(OC)c(-c2c3ccc(=N)cc-3oc3cc(N)ccc23)cc1C. The number of carbonyl (C=O) groups excluding carboxylic acids is 1. The van der Waals surface area contributed by atoms with E-state index in [0.717, 1.165) is 52.2 Å². The number of nitrogens with one attached hydrogen (secondary N) is 1. The third-order valence-electron chi connectivity index (χ3n) is 6.29. The number of carbonyl (C=O) groups is 1. The van der Waals surface area contributed by atoms with Crippen LogP contribution in [0.25, 0.3) is 33.4 Å². The summed E-state index contributed by atoms with van der Waals surface area (Å²) in [6.07, 6.45) is 1.09. The van der Waals surface area contributed by atoms with Crippen molar-refractivity contribution in [2.45, 2.75) is 26.7 Å². The molecule has 2 aromatic carbocycles. The van der Waals surface area contributed by atoms with Gasteiger partial charge in [-0.3, -0.25) is 4.79 Å². The first-order valence-electron chi connectivity index (χ1n) is 11.7. The first-order chi connectivity index (χ1) is 16.9. The Hall–Kier alpha value is -4.00. The molecule has 182 valence electrons. The third-order valence-corrected chi connectivity index (χ3v) is 6.29. The van der Waals surface area contributed by atoms with Gasteiger partial charge in [0.25, 0.3) is 0 Å². The molecule has 0 radical (unpaired) electrons. The Morgan fingerprint density at radius 3 is 2.60 bits per heavy atom. The van der Waals surface area contributed by atoms with E-state index in [4.69, 9.17) is 25.0 Å². The highest BCUT2D eigenvalue weighted by Gasteiger charge is 2.22. The molecule has 0 saturated heterocycles. The van der Waals surface area contributed by atoms with Crippen LogP contribution in [-0.2, 0) is 9.53 Å². The molecule has 1 aliphatic carbocycles. The molecular formula is C28H31N3O4. The lowest BCUT2D eigenvalue weighted by molar-refractivity contribution is -0.140. The molecule has 7 nitrogen and oxygen atoms in total.